The van der Waals surface area contributed by atoms with Crippen molar-refractivity contribution in [1.82, 2.24) is 0 Å². The lowest BCUT2D eigenvalue weighted by Gasteiger charge is -2.20. The maximum absolute atomic E-state index is 12.1. The van der Waals surface area contributed by atoms with Crippen molar-refractivity contribution in [3.05, 3.63) is 35.4 Å². The Morgan fingerprint density at radius 1 is 1.22 bits per heavy atom. The van der Waals surface area contributed by atoms with Crippen LogP contribution in [0.4, 0.5) is 0 Å². The van der Waals surface area contributed by atoms with Crippen LogP contribution in [0.15, 0.2) is 24.3 Å². The fraction of sp³-hybridized carbons (Fsp3) is 0.600. The number of benzene rings is 1. The molecule has 2 nitrogen and oxygen atoms in total. The Morgan fingerprint density at radius 2 is 1.83 bits per heavy atom. The second-order valence-corrected chi connectivity index (χ2v) is 6.85. The van der Waals surface area contributed by atoms with Crippen molar-refractivity contribution in [3.8, 4) is 0 Å². The maximum atomic E-state index is 12.1. The lowest BCUT2D eigenvalue weighted by atomic mass is 10.0. The highest BCUT2D eigenvalue weighted by Gasteiger charge is 2.20. The van der Waals surface area contributed by atoms with Crippen molar-refractivity contribution in [2.75, 3.05) is 5.75 Å². The minimum atomic E-state index is -0.827. The standard InChI is InChI=1S/C15H25NOS/c1-4-5-6-11-18(17)13(3)15(16)14-9-7-12(2)8-10-14/h7-10,13,15H,4-6,11,16H2,1-3H3. The Kier molecular flexibility index (Phi) is 6.58. The van der Waals surface area contributed by atoms with Crippen molar-refractivity contribution in [3.63, 3.8) is 0 Å². The quantitative estimate of drug-likeness (QED) is 0.770. The first kappa shape index (κ1) is 15.4. The van der Waals surface area contributed by atoms with Gasteiger partial charge in [0.2, 0.25) is 0 Å². The lowest BCUT2D eigenvalue weighted by Crippen LogP contribution is -2.29. The van der Waals surface area contributed by atoms with Crippen LogP contribution >= 0.6 is 0 Å². The monoisotopic (exact) mass is 267 g/mol. The van der Waals surface area contributed by atoms with E-state index in [9.17, 15) is 4.21 Å². The molecule has 1 aromatic carbocycles. The molecule has 3 heteroatoms. The van der Waals surface area contributed by atoms with Crippen LogP contribution in [0.5, 0.6) is 0 Å². The molecule has 0 spiro atoms. The first-order chi connectivity index (χ1) is 8.56. The third-order valence-corrected chi connectivity index (χ3v) is 5.15. The molecule has 102 valence electrons. The Morgan fingerprint density at radius 3 is 2.39 bits per heavy atom. The van der Waals surface area contributed by atoms with Crippen molar-refractivity contribution in [2.45, 2.75) is 51.3 Å². The molecule has 0 fully saturated rings. The summed E-state index contributed by atoms with van der Waals surface area (Å²) in [6.07, 6.45) is 3.35. The summed E-state index contributed by atoms with van der Waals surface area (Å²) < 4.78 is 12.1. The van der Waals surface area contributed by atoms with Gasteiger partial charge >= 0.3 is 0 Å². The van der Waals surface area contributed by atoms with Gasteiger partial charge in [0.05, 0.1) is 5.25 Å². The number of aryl methyl sites for hydroxylation is 1. The maximum Gasteiger partial charge on any atom is 0.0512 e. The molecule has 0 aromatic heterocycles. The summed E-state index contributed by atoms with van der Waals surface area (Å²) in [5, 5.41) is 0.0181. The Balaban J connectivity index is 2.57. The average Bonchev–Trinajstić information content (AvgIpc) is 2.38. The van der Waals surface area contributed by atoms with Crippen molar-refractivity contribution < 1.29 is 4.21 Å². The smallest absolute Gasteiger partial charge is 0.0512 e. The molecule has 0 bridgehead atoms. The SMILES string of the molecule is CCCCCS(=O)C(C)C(N)c1ccc(C)cc1. The third kappa shape index (κ3) is 4.54. The molecule has 1 aromatic rings. The largest absolute Gasteiger partial charge is 0.323 e. The Bertz CT molecular complexity index is 375. The van der Waals surface area contributed by atoms with Crippen molar-refractivity contribution >= 4 is 10.8 Å². The molecule has 2 N–H and O–H groups in total. The van der Waals surface area contributed by atoms with Crippen LogP contribution in [0.25, 0.3) is 0 Å². The van der Waals surface area contributed by atoms with Gasteiger partial charge in [-0.05, 0) is 25.8 Å². The summed E-state index contributed by atoms with van der Waals surface area (Å²) in [6, 6.07) is 8.07. The number of hydrogen-bond donors (Lipinski definition) is 1. The van der Waals surface area contributed by atoms with E-state index in [1.165, 1.54) is 5.56 Å². The van der Waals surface area contributed by atoms with Gasteiger partial charge < -0.3 is 5.73 Å². The van der Waals surface area contributed by atoms with Gasteiger partial charge in [-0.2, -0.15) is 0 Å². The predicted octanol–water partition coefficient (Wildman–Crippen LogP) is 3.32. The predicted molar refractivity (Wildman–Crippen MR) is 80.1 cm³/mol. The molecule has 3 unspecified atom stereocenters. The minimum absolute atomic E-state index is 0.0181. The summed E-state index contributed by atoms with van der Waals surface area (Å²) in [5.41, 5.74) is 8.51. The number of unbranched alkanes of at least 4 members (excludes halogenated alkanes) is 2. The molecule has 3 atom stereocenters. The van der Waals surface area contributed by atoms with E-state index in [2.05, 4.69) is 26.0 Å². The van der Waals surface area contributed by atoms with Crippen LogP contribution in [0, 0.1) is 6.92 Å². The van der Waals surface area contributed by atoms with Gasteiger partial charge in [0.1, 0.15) is 0 Å². The van der Waals surface area contributed by atoms with E-state index < -0.39 is 10.8 Å². The van der Waals surface area contributed by atoms with Gasteiger partial charge in [-0.15, -0.1) is 0 Å². The summed E-state index contributed by atoms with van der Waals surface area (Å²) in [5.74, 6) is 0.772. The number of rotatable bonds is 7. The second kappa shape index (κ2) is 7.70. The third-order valence-electron chi connectivity index (χ3n) is 3.33. The highest BCUT2D eigenvalue weighted by molar-refractivity contribution is 7.85. The lowest BCUT2D eigenvalue weighted by molar-refractivity contribution is 0.638. The zero-order valence-electron chi connectivity index (χ0n) is 11.7. The minimum Gasteiger partial charge on any atom is -0.323 e. The number of hydrogen-bond acceptors (Lipinski definition) is 2. The van der Waals surface area contributed by atoms with Gasteiger partial charge in [0.25, 0.3) is 0 Å². The van der Waals surface area contributed by atoms with E-state index in [4.69, 9.17) is 5.73 Å². The zero-order valence-corrected chi connectivity index (χ0v) is 12.5. The molecule has 0 aliphatic heterocycles. The second-order valence-electron chi connectivity index (χ2n) is 4.93. The summed E-state index contributed by atoms with van der Waals surface area (Å²) in [4.78, 5) is 0. The van der Waals surface area contributed by atoms with E-state index in [1.807, 2.05) is 19.1 Å². The van der Waals surface area contributed by atoms with Crippen LogP contribution in [-0.4, -0.2) is 15.2 Å². The van der Waals surface area contributed by atoms with Crippen LogP contribution in [0.3, 0.4) is 0 Å². The highest BCUT2D eigenvalue weighted by atomic mass is 32.2. The Labute approximate surface area is 113 Å². The molecule has 0 amide bonds. The van der Waals surface area contributed by atoms with E-state index in [-0.39, 0.29) is 11.3 Å². The van der Waals surface area contributed by atoms with Crippen molar-refractivity contribution in [2.24, 2.45) is 5.73 Å². The fourth-order valence-corrected chi connectivity index (χ4v) is 3.25. The molecule has 0 radical (unpaired) electrons. The van der Waals surface area contributed by atoms with Crippen LogP contribution < -0.4 is 5.73 Å². The highest BCUT2D eigenvalue weighted by Crippen LogP contribution is 2.19. The molecule has 0 aliphatic rings. The molecule has 18 heavy (non-hydrogen) atoms. The first-order valence-electron chi connectivity index (χ1n) is 6.75. The van der Waals surface area contributed by atoms with Crippen molar-refractivity contribution in [1.29, 1.82) is 0 Å². The molecule has 0 saturated heterocycles. The first-order valence-corrected chi connectivity index (χ1v) is 8.13. The summed E-state index contributed by atoms with van der Waals surface area (Å²) >= 11 is 0. The molecular weight excluding hydrogens is 242 g/mol. The molecule has 1 rings (SSSR count). The number of nitrogens with two attached hydrogens (primary N) is 1. The molecule has 0 heterocycles. The van der Waals surface area contributed by atoms with E-state index in [0.717, 1.165) is 30.6 Å². The van der Waals surface area contributed by atoms with Gasteiger partial charge in [-0.25, -0.2) is 0 Å². The summed E-state index contributed by atoms with van der Waals surface area (Å²) in [6.45, 7) is 6.21. The van der Waals surface area contributed by atoms with E-state index >= 15 is 0 Å². The van der Waals surface area contributed by atoms with E-state index in [0.29, 0.717) is 0 Å². The average molecular weight is 267 g/mol. The molecular formula is C15H25NOS. The van der Waals surface area contributed by atoms with Gasteiger partial charge in [-0.3, -0.25) is 4.21 Å². The van der Waals surface area contributed by atoms with Gasteiger partial charge in [0.15, 0.2) is 0 Å². The van der Waals surface area contributed by atoms with Gasteiger partial charge in [0, 0.05) is 22.6 Å². The zero-order chi connectivity index (χ0) is 13.5. The van der Waals surface area contributed by atoms with Crippen LogP contribution in [0.2, 0.25) is 0 Å². The fourth-order valence-electron chi connectivity index (χ4n) is 1.90. The van der Waals surface area contributed by atoms with Crippen LogP contribution in [0.1, 0.15) is 50.3 Å². The normalized spacial score (nSPS) is 16.2. The molecule has 0 saturated carbocycles. The summed E-state index contributed by atoms with van der Waals surface area (Å²) in [7, 11) is -0.827. The van der Waals surface area contributed by atoms with E-state index in [1.54, 1.807) is 0 Å². The molecule has 0 aliphatic carbocycles. The van der Waals surface area contributed by atoms with Gasteiger partial charge in [-0.1, -0.05) is 49.6 Å². The van der Waals surface area contributed by atoms with Crippen LogP contribution in [-0.2, 0) is 10.8 Å². The topological polar surface area (TPSA) is 43.1 Å². The Hall–Kier alpha value is -0.670.